The maximum Gasteiger partial charge on any atom is 0.435 e. The highest BCUT2D eigenvalue weighted by Crippen LogP contribution is 2.37. The summed E-state index contributed by atoms with van der Waals surface area (Å²) in [4.78, 5) is 15.6. The van der Waals surface area contributed by atoms with Gasteiger partial charge in [0.15, 0.2) is 5.69 Å². The van der Waals surface area contributed by atoms with Crippen LogP contribution in [0.3, 0.4) is 0 Å². The van der Waals surface area contributed by atoms with Crippen molar-refractivity contribution in [3.8, 4) is 10.6 Å². The van der Waals surface area contributed by atoms with Crippen LogP contribution in [0.2, 0.25) is 0 Å². The number of alkyl halides is 3. The first kappa shape index (κ1) is 18.1. The summed E-state index contributed by atoms with van der Waals surface area (Å²) in [5, 5.41) is 2.71. The van der Waals surface area contributed by atoms with Gasteiger partial charge in [-0.3, -0.25) is 4.79 Å². The van der Waals surface area contributed by atoms with Gasteiger partial charge in [-0.1, -0.05) is 60.2 Å². The van der Waals surface area contributed by atoms with E-state index in [9.17, 15) is 18.0 Å². The molecule has 0 aliphatic carbocycles. The summed E-state index contributed by atoms with van der Waals surface area (Å²) < 4.78 is 39.9. The summed E-state index contributed by atoms with van der Waals surface area (Å²) in [6.07, 6.45) is -4.69. The second-order valence-corrected chi connectivity index (χ2v) is 6.73. The van der Waals surface area contributed by atoms with Gasteiger partial charge in [0.05, 0.1) is 0 Å². The van der Waals surface area contributed by atoms with E-state index in [0.29, 0.717) is 5.56 Å². The number of aryl methyl sites for hydroxylation is 1. The molecule has 1 heterocycles. The van der Waals surface area contributed by atoms with Crippen molar-refractivity contribution in [2.75, 3.05) is 0 Å². The van der Waals surface area contributed by atoms with Crippen molar-refractivity contribution in [2.45, 2.75) is 19.6 Å². The van der Waals surface area contributed by atoms with Gasteiger partial charge >= 0.3 is 6.18 Å². The Labute approximate surface area is 152 Å². The number of carbonyl (C=O) groups excluding carboxylic acids is 1. The smallest absolute Gasteiger partial charge is 0.347 e. The lowest BCUT2D eigenvalue weighted by Gasteiger charge is -2.07. The van der Waals surface area contributed by atoms with Gasteiger partial charge in [0.25, 0.3) is 5.91 Å². The number of carbonyl (C=O) groups is 1. The van der Waals surface area contributed by atoms with Gasteiger partial charge in [0.2, 0.25) is 0 Å². The molecule has 0 spiro atoms. The SMILES string of the molecule is Cc1ccc(CNC(=O)c2sc(-c3ccccc3)nc2C(F)(F)F)cc1. The minimum absolute atomic E-state index is 0.148. The molecule has 0 fully saturated rings. The van der Waals surface area contributed by atoms with E-state index in [0.717, 1.165) is 22.5 Å². The first-order valence-corrected chi connectivity index (χ1v) is 8.63. The number of nitrogens with one attached hydrogen (secondary N) is 1. The van der Waals surface area contributed by atoms with Crippen LogP contribution in [0, 0.1) is 6.92 Å². The minimum atomic E-state index is -4.69. The molecule has 134 valence electrons. The molecule has 0 saturated carbocycles. The third-order valence-electron chi connectivity index (χ3n) is 3.70. The topological polar surface area (TPSA) is 42.0 Å². The van der Waals surface area contributed by atoms with Crippen molar-refractivity contribution in [3.05, 3.63) is 76.3 Å². The average Bonchev–Trinajstić information content (AvgIpc) is 3.08. The van der Waals surface area contributed by atoms with Crippen molar-refractivity contribution < 1.29 is 18.0 Å². The van der Waals surface area contributed by atoms with Crippen molar-refractivity contribution in [1.29, 1.82) is 0 Å². The van der Waals surface area contributed by atoms with Crippen molar-refractivity contribution in [1.82, 2.24) is 10.3 Å². The molecule has 0 unspecified atom stereocenters. The summed E-state index contributed by atoms with van der Waals surface area (Å²) in [5.41, 5.74) is 1.27. The Morgan fingerprint density at radius 3 is 2.35 bits per heavy atom. The zero-order valence-electron chi connectivity index (χ0n) is 13.8. The highest BCUT2D eigenvalue weighted by Gasteiger charge is 2.39. The number of aromatic nitrogens is 1. The summed E-state index contributed by atoms with van der Waals surface area (Å²) in [7, 11) is 0. The number of thiazole rings is 1. The van der Waals surface area contributed by atoms with E-state index in [2.05, 4.69) is 10.3 Å². The molecule has 0 saturated heterocycles. The number of hydrogen-bond donors (Lipinski definition) is 1. The highest BCUT2D eigenvalue weighted by molar-refractivity contribution is 7.17. The van der Waals surface area contributed by atoms with Crippen molar-refractivity contribution in [2.24, 2.45) is 0 Å². The Bertz CT molecular complexity index is 903. The molecule has 0 radical (unpaired) electrons. The number of hydrogen-bond acceptors (Lipinski definition) is 3. The summed E-state index contributed by atoms with van der Waals surface area (Å²) in [6, 6.07) is 15.9. The Balaban J connectivity index is 1.86. The molecular weight excluding hydrogens is 361 g/mol. The molecule has 3 rings (SSSR count). The lowest BCUT2D eigenvalue weighted by atomic mass is 10.1. The maximum atomic E-state index is 13.3. The van der Waals surface area contributed by atoms with E-state index in [-0.39, 0.29) is 11.6 Å². The van der Waals surface area contributed by atoms with E-state index in [4.69, 9.17) is 0 Å². The molecule has 2 aromatic carbocycles. The van der Waals surface area contributed by atoms with Crippen LogP contribution >= 0.6 is 11.3 Å². The fourth-order valence-corrected chi connectivity index (χ4v) is 3.35. The largest absolute Gasteiger partial charge is 0.435 e. The third-order valence-corrected chi connectivity index (χ3v) is 4.80. The molecule has 0 bridgehead atoms. The van der Waals surface area contributed by atoms with Crippen LogP contribution in [0.25, 0.3) is 10.6 Å². The zero-order chi connectivity index (χ0) is 18.7. The van der Waals surface area contributed by atoms with Gasteiger partial charge in [-0.15, -0.1) is 11.3 Å². The number of rotatable bonds is 4. The van der Waals surface area contributed by atoms with Crippen LogP contribution < -0.4 is 5.32 Å². The van der Waals surface area contributed by atoms with E-state index in [1.807, 2.05) is 31.2 Å². The lowest BCUT2D eigenvalue weighted by Crippen LogP contribution is -2.24. The van der Waals surface area contributed by atoms with Crippen LogP contribution in [0.4, 0.5) is 13.2 Å². The first-order valence-electron chi connectivity index (χ1n) is 7.82. The molecule has 7 heteroatoms. The molecule has 3 aromatic rings. The second-order valence-electron chi connectivity index (χ2n) is 5.73. The summed E-state index contributed by atoms with van der Waals surface area (Å²) >= 11 is 0.742. The Kier molecular flexibility index (Phi) is 5.08. The fraction of sp³-hybridized carbons (Fsp3) is 0.158. The first-order chi connectivity index (χ1) is 12.3. The second kappa shape index (κ2) is 7.29. The normalized spacial score (nSPS) is 11.4. The molecule has 0 aliphatic rings. The minimum Gasteiger partial charge on any atom is -0.347 e. The molecule has 0 aliphatic heterocycles. The van der Waals surface area contributed by atoms with Crippen LogP contribution in [-0.4, -0.2) is 10.9 Å². The third kappa shape index (κ3) is 4.11. The predicted molar refractivity (Wildman–Crippen MR) is 94.9 cm³/mol. The van der Waals surface area contributed by atoms with Gasteiger partial charge in [0, 0.05) is 12.1 Å². The van der Waals surface area contributed by atoms with E-state index in [1.165, 1.54) is 0 Å². The molecule has 1 N–H and O–H groups in total. The van der Waals surface area contributed by atoms with Gasteiger partial charge in [0.1, 0.15) is 9.88 Å². The Morgan fingerprint density at radius 2 is 1.73 bits per heavy atom. The van der Waals surface area contributed by atoms with Crippen LogP contribution in [0.1, 0.15) is 26.5 Å². The van der Waals surface area contributed by atoms with Crippen LogP contribution in [0.15, 0.2) is 54.6 Å². The molecule has 1 amide bonds. The fourth-order valence-electron chi connectivity index (χ4n) is 2.34. The number of amides is 1. The molecule has 1 aromatic heterocycles. The maximum absolute atomic E-state index is 13.3. The monoisotopic (exact) mass is 376 g/mol. The summed E-state index contributed by atoms with van der Waals surface area (Å²) in [6.45, 7) is 2.08. The van der Waals surface area contributed by atoms with Crippen LogP contribution in [-0.2, 0) is 12.7 Å². The van der Waals surface area contributed by atoms with E-state index < -0.39 is 22.7 Å². The van der Waals surface area contributed by atoms with E-state index >= 15 is 0 Å². The van der Waals surface area contributed by atoms with Gasteiger partial charge in [-0.25, -0.2) is 4.98 Å². The predicted octanol–water partition coefficient (Wildman–Crippen LogP) is 5.07. The Hall–Kier alpha value is -2.67. The Morgan fingerprint density at radius 1 is 1.08 bits per heavy atom. The van der Waals surface area contributed by atoms with Crippen molar-refractivity contribution in [3.63, 3.8) is 0 Å². The highest BCUT2D eigenvalue weighted by atomic mass is 32.1. The number of halogens is 3. The molecule has 3 nitrogen and oxygen atoms in total. The van der Waals surface area contributed by atoms with E-state index in [1.54, 1.807) is 30.3 Å². The zero-order valence-corrected chi connectivity index (χ0v) is 14.6. The summed E-state index contributed by atoms with van der Waals surface area (Å²) in [5.74, 6) is -0.780. The quantitative estimate of drug-likeness (QED) is 0.691. The number of nitrogens with zero attached hydrogens (tertiary/aromatic N) is 1. The molecule has 0 atom stereocenters. The molecular formula is C19H15F3N2OS. The number of benzene rings is 2. The lowest BCUT2D eigenvalue weighted by molar-refractivity contribution is -0.141. The standard InChI is InChI=1S/C19H15F3N2OS/c1-12-7-9-13(10-8-12)11-23-17(25)15-16(19(20,21)22)24-18(26-15)14-5-3-2-4-6-14/h2-10H,11H2,1H3,(H,23,25). The van der Waals surface area contributed by atoms with Crippen LogP contribution in [0.5, 0.6) is 0 Å². The molecule has 26 heavy (non-hydrogen) atoms. The van der Waals surface area contributed by atoms with Gasteiger partial charge in [-0.05, 0) is 12.5 Å². The van der Waals surface area contributed by atoms with Gasteiger partial charge in [-0.2, -0.15) is 13.2 Å². The van der Waals surface area contributed by atoms with Crippen molar-refractivity contribution >= 4 is 17.2 Å². The average molecular weight is 376 g/mol. The van der Waals surface area contributed by atoms with Gasteiger partial charge < -0.3 is 5.32 Å².